The molecule has 0 aliphatic carbocycles. The first-order valence-corrected chi connectivity index (χ1v) is 11.2. The molecule has 26 heavy (non-hydrogen) atoms. The second kappa shape index (κ2) is 11.1. The summed E-state index contributed by atoms with van der Waals surface area (Å²) in [7, 11) is 5.46. The fraction of sp³-hybridized carbons (Fsp3) is 0.353. The van der Waals surface area contributed by atoms with E-state index in [1.807, 2.05) is 51.0 Å². The van der Waals surface area contributed by atoms with Crippen molar-refractivity contribution in [2.75, 3.05) is 26.1 Å². The van der Waals surface area contributed by atoms with Gasteiger partial charge in [-0.15, -0.1) is 0 Å². The van der Waals surface area contributed by atoms with Gasteiger partial charge >= 0.3 is 6.64 Å². The van der Waals surface area contributed by atoms with Crippen molar-refractivity contribution >= 4 is 47.5 Å². The summed E-state index contributed by atoms with van der Waals surface area (Å²) < 4.78 is 10.9. The average molecular weight is 436 g/mol. The summed E-state index contributed by atoms with van der Waals surface area (Å²) in [5.41, 5.74) is 0. The molecule has 0 saturated carbocycles. The molecule has 1 atom stereocenters. The molecule has 144 valence electrons. The van der Waals surface area contributed by atoms with Crippen molar-refractivity contribution < 1.29 is 9.05 Å². The summed E-state index contributed by atoms with van der Waals surface area (Å²) in [6, 6.07) is 11.0. The summed E-state index contributed by atoms with van der Waals surface area (Å²) in [5.74, 6) is 1.46. The summed E-state index contributed by atoms with van der Waals surface area (Å²) in [6.45, 7) is 1.37. The minimum atomic E-state index is -2.56. The van der Waals surface area contributed by atoms with Crippen molar-refractivity contribution in [3.63, 3.8) is 0 Å². The highest BCUT2D eigenvalue weighted by Crippen LogP contribution is 2.46. The molecule has 0 aliphatic heterocycles. The molecule has 1 aromatic carbocycles. The molecule has 2 rings (SSSR count). The van der Waals surface area contributed by atoms with Gasteiger partial charge in [-0.25, -0.2) is 10.1 Å². The Morgan fingerprint density at radius 1 is 1.19 bits per heavy atom. The van der Waals surface area contributed by atoms with Gasteiger partial charge in [-0.1, -0.05) is 29.3 Å². The Kier molecular flexibility index (Phi) is 9.86. The minimum Gasteiger partial charge on any atom is -0.431 e. The first kappa shape index (κ1) is 23.2. The van der Waals surface area contributed by atoms with E-state index in [0.29, 0.717) is 15.8 Å². The average Bonchev–Trinajstić information content (AvgIpc) is 2.58. The second-order valence-electron chi connectivity index (χ2n) is 5.71. The summed E-state index contributed by atoms with van der Waals surface area (Å²) >= 11 is 17.1. The Bertz CT molecular complexity index is 733. The monoisotopic (exact) mass is 435 g/mol. The van der Waals surface area contributed by atoms with Crippen molar-refractivity contribution in [2.24, 2.45) is 0 Å². The normalized spacial score (nSPS) is 12.8. The Labute approximate surface area is 170 Å². The highest BCUT2D eigenvalue weighted by Gasteiger charge is 2.21. The number of nitrogens with one attached hydrogen (secondary N) is 1. The zero-order valence-corrected chi connectivity index (χ0v) is 18.7. The summed E-state index contributed by atoms with van der Waals surface area (Å²) in [5, 5.41) is 4.04. The van der Waals surface area contributed by atoms with Gasteiger partial charge in [0.1, 0.15) is 11.6 Å². The van der Waals surface area contributed by atoms with Crippen LogP contribution in [0.25, 0.3) is 0 Å². The molecule has 0 aliphatic rings. The van der Waals surface area contributed by atoms with Gasteiger partial charge in [0.05, 0.1) is 5.02 Å². The number of aromatic nitrogens is 1. The molecular formula is C17H24Cl2N3O2PS. The standard InChI is InChI=1S/C10H14Cl2NO2PS.C7H10N2/c1-7(2)13-16(17,14-3)15-10-5-4-8(11)6-9(10)12;1-9(2)7-5-3-4-6-8-7/h4-7H,1-3H3,(H,13,17);3-6H,1-2H3. The first-order chi connectivity index (χ1) is 12.2. The van der Waals surface area contributed by atoms with Gasteiger partial charge in [0.25, 0.3) is 0 Å². The lowest BCUT2D eigenvalue weighted by Gasteiger charge is -2.24. The topological polar surface area (TPSA) is 46.6 Å². The van der Waals surface area contributed by atoms with E-state index in [-0.39, 0.29) is 6.04 Å². The summed E-state index contributed by atoms with van der Waals surface area (Å²) in [6.07, 6.45) is 1.79. The number of rotatable bonds is 6. The molecule has 0 radical (unpaired) electrons. The van der Waals surface area contributed by atoms with E-state index in [9.17, 15) is 0 Å². The van der Waals surface area contributed by atoms with Crippen LogP contribution >= 0.6 is 29.8 Å². The molecule has 0 spiro atoms. The van der Waals surface area contributed by atoms with E-state index in [0.717, 1.165) is 5.82 Å². The van der Waals surface area contributed by atoms with E-state index in [4.69, 9.17) is 44.1 Å². The molecule has 0 saturated heterocycles. The molecule has 1 N–H and O–H groups in total. The van der Waals surface area contributed by atoms with Gasteiger partial charge in [0.2, 0.25) is 0 Å². The van der Waals surface area contributed by atoms with Gasteiger partial charge < -0.3 is 13.9 Å². The zero-order valence-electron chi connectivity index (χ0n) is 15.4. The van der Waals surface area contributed by atoms with Gasteiger partial charge in [-0.05, 0) is 56.0 Å². The van der Waals surface area contributed by atoms with Crippen LogP contribution in [0.4, 0.5) is 5.82 Å². The number of hydrogen-bond donors (Lipinski definition) is 1. The smallest absolute Gasteiger partial charge is 0.312 e. The van der Waals surface area contributed by atoms with E-state index >= 15 is 0 Å². The molecular weight excluding hydrogens is 412 g/mol. The van der Waals surface area contributed by atoms with E-state index in [2.05, 4.69) is 10.1 Å². The van der Waals surface area contributed by atoms with Crippen molar-refractivity contribution in [1.29, 1.82) is 0 Å². The van der Waals surface area contributed by atoms with Gasteiger partial charge in [0, 0.05) is 38.5 Å². The molecule has 1 aromatic heterocycles. The van der Waals surface area contributed by atoms with Crippen LogP contribution < -0.4 is 14.5 Å². The van der Waals surface area contributed by atoms with Gasteiger partial charge in [-0.2, -0.15) is 0 Å². The highest BCUT2D eigenvalue weighted by atomic mass is 35.5. The Hall–Kier alpha value is -0.880. The van der Waals surface area contributed by atoms with Crippen LogP contribution in [-0.4, -0.2) is 32.2 Å². The van der Waals surface area contributed by atoms with Crippen LogP contribution in [0.1, 0.15) is 13.8 Å². The molecule has 5 nitrogen and oxygen atoms in total. The van der Waals surface area contributed by atoms with E-state index in [1.54, 1.807) is 24.4 Å². The fourth-order valence-corrected chi connectivity index (χ4v) is 4.39. The Morgan fingerprint density at radius 3 is 2.31 bits per heavy atom. The molecule has 2 aromatic rings. The van der Waals surface area contributed by atoms with Crippen molar-refractivity contribution in [3.05, 3.63) is 52.6 Å². The quantitative estimate of drug-likeness (QED) is 0.613. The molecule has 1 unspecified atom stereocenters. The molecule has 0 amide bonds. The SMILES string of the molecule is CN(C)c1ccccn1.COP(=S)(NC(C)C)Oc1ccc(Cl)cc1Cl. The van der Waals surface area contributed by atoms with Crippen molar-refractivity contribution in [3.8, 4) is 5.75 Å². The number of pyridine rings is 1. The Balaban J connectivity index is 0.000000314. The van der Waals surface area contributed by atoms with Crippen LogP contribution in [0.2, 0.25) is 10.0 Å². The number of benzene rings is 1. The van der Waals surface area contributed by atoms with Gasteiger partial charge in [-0.3, -0.25) is 0 Å². The molecule has 9 heteroatoms. The predicted molar refractivity (Wildman–Crippen MR) is 115 cm³/mol. The number of nitrogens with zero attached hydrogens (tertiary/aromatic N) is 2. The lowest BCUT2D eigenvalue weighted by atomic mass is 10.3. The van der Waals surface area contributed by atoms with Crippen LogP contribution in [0.15, 0.2) is 42.6 Å². The largest absolute Gasteiger partial charge is 0.431 e. The number of halogens is 2. The van der Waals surface area contributed by atoms with Gasteiger partial charge in [0.15, 0.2) is 0 Å². The maximum Gasteiger partial charge on any atom is 0.312 e. The molecule has 1 heterocycles. The molecule has 0 fully saturated rings. The van der Waals surface area contributed by atoms with Crippen molar-refractivity contribution in [2.45, 2.75) is 19.9 Å². The second-order valence-corrected chi connectivity index (χ2v) is 9.80. The fourth-order valence-electron chi connectivity index (χ4n) is 1.73. The number of anilines is 1. The lowest BCUT2D eigenvalue weighted by molar-refractivity contribution is 0.375. The highest BCUT2D eigenvalue weighted by molar-refractivity contribution is 8.09. The van der Waals surface area contributed by atoms with Crippen LogP contribution in [0, 0.1) is 0 Å². The number of hydrogen-bond acceptors (Lipinski definition) is 5. The molecule has 0 bridgehead atoms. The van der Waals surface area contributed by atoms with Crippen molar-refractivity contribution in [1.82, 2.24) is 10.1 Å². The third-order valence-electron chi connectivity index (χ3n) is 2.88. The Morgan fingerprint density at radius 2 is 1.88 bits per heavy atom. The minimum absolute atomic E-state index is 0.159. The van der Waals surface area contributed by atoms with E-state index in [1.165, 1.54) is 7.11 Å². The lowest BCUT2D eigenvalue weighted by Crippen LogP contribution is -2.22. The third kappa shape index (κ3) is 8.21. The third-order valence-corrected chi connectivity index (χ3v) is 6.14. The van der Waals surface area contributed by atoms with Crippen LogP contribution in [-0.2, 0) is 16.3 Å². The van der Waals surface area contributed by atoms with Crippen LogP contribution in [0.3, 0.4) is 0 Å². The zero-order chi connectivity index (χ0) is 19.7. The summed E-state index contributed by atoms with van der Waals surface area (Å²) in [4.78, 5) is 6.08. The maximum absolute atomic E-state index is 6.01. The predicted octanol–water partition coefficient (Wildman–Crippen LogP) is 5.39. The maximum atomic E-state index is 6.01. The van der Waals surface area contributed by atoms with E-state index < -0.39 is 6.64 Å². The first-order valence-electron chi connectivity index (χ1n) is 7.83. The van der Waals surface area contributed by atoms with Crippen LogP contribution in [0.5, 0.6) is 5.75 Å².